The Hall–Kier alpha value is -1.10. The first-order valence-corrected chi connectivity index (χ1v) is 7.42. The molecule has 1 heterocycles. The lowest BCUT2D eigenvalue weighted by Crippen LogP contribution is -2.51. The van der Waals surface area contributed by atoms with Gasteiger partial charge in [-0.25, -0.2) is 0 Å². The maximum absolute atomic E-state index is 12.4. The zero-order valence-electron chi connectivity index (χ0n) is 11.5. The summed E-state index contributed by atoms with van der Waals surface area (Å²) in [6, 6.07) is -0.154. The van der Waals surface area contributed by atoms with Crippen LogP contribution in [0, 0.1) is 5.92 Å². The molecule has 4 N–H and O–H groups in total. The van der Waals surface area contributed by atoms with Gasteiger partial charge in [0, 0.05) is 19.0 Å². The Balaban J connectivity index is 1.92. The van der Waals surface area contributed by atoms with Gasteiger partial charge in [-0.05, 0) is 44.4 Å². The minimum atomic E-state index is -0.390. The van der Waals surface area contributed by atoms with Gasteiger partial charge in [0.25, 0.3) is 0 Å². The summed E-state index contributed by atoms with van der Waals surface area (Å²) in [6.45, 7) is 0.672. The van der Waals surface area contributed by atoms with Gasteiger partial charge in [-0.15, -0.1) is 0 Å². The second-order valence-electron chi connectivity index (χ2n) is 6.00. The van der Waals surface area contributed by atoms with Crippen LogP contribution in [0.3, 0.4) is 0 Å². The van der Waals surface area contributed by atoms with E-state index in [-0.39, 0.29) is 17.9 Å². The van der Waals surface area contributed by atoms with Gasteiger partial charge < -0.3 is 16.4 Å². The van der Waals surface area contributed by atoms with Crippen LogP contribution in [0.1, 0.15) is 51.4 Å². The van der Waals surface area contributed by atoms with Crippen LogP contribution in [0.4, 0.5) is 0 Å². The average Bonchev–Trinajstić information content (AvgIpc) is 2.38. The van der Waals surface area contributed by atoms with Gasteiger partial charge >= 0.3 is 0 Å². The number of rotatable bonds is 3. The van der Waals surface area contributed by atoms with Crippen LogP contribution in [-0.2, 0) is 9.59 Å². The number of hydrogen-bond donors (Lipinski definition) is 2. The third-order valence-corrected chi connectivity index (χ3v) is 4.44. The lowest BCUT2D eigenvalue weighted by Gasteiger charge is -2.35. The highest BCUT2D eigenvalue weighted by molar-refractivity contribution is 5.86. The number of hydrogen-bond acceptors (Lipinski definition) is 3. The lowest BCUT2D eigenvalue weighted by atomic mass is 9.83. The quantitative estimate of drug-likeness (QED) is 0.791. The van der Waals surface area contributed by atoms with E-state index in [1.807, 2.05) is 0 Å². The van der Waals surface area contributed by atoms with Crippen molar-refractivity contribution in [2.45, 2.75) is 63.5 Å². The van der Waals surface area contributed by atoms with Crippen LogP contribution in [-0.4, -0.2) is 35.3 Å². The smallest absolute Gasteiger partial charge is 0.240 e. The van der Waals surface area contributed by atoms with Crippen molar-refractivity contribution in [3.05, 3.63) is 0 Å². The Bertz CT molecular complexity index is 346. The van der Waals surface area contributed by atoms with Crippen molar-refractivity contribution < 1.29 is 9.59 Å². The Morgan fingerprint density at radius 1 is 1.11 bits per heavy atom. The van der Waals surface area contributed by atoms with E-state index < -0.39 is 6.04 Å². The molecular formula is C14H25N3O2. The van der Waals surface area contributed by atoms with Crippen molar-refractivity contribution in [3.8, 4) is 0 Å². The SMILES string of the molecule is NC(=O)C1CCCCN1C(=O)CC1CCCC(N)C1. The van der Waals surface area contributed by atoms with Crippen molar-refractivity contribution in [3.63, 3.8) is 0 Å². The van der Waals surface area contributed by atoms with Gasteiger partial charge in [-0.1, -0.05) is 6.42 Å². The first-order valence-electron chi connectivity index (χ1n) is 7.42. The first kappa shape index (κ1) is 14.3. The van der Waals surface area contributed by atoms with E-state index in [0.717, 1.165) is 38.5 Å². The molecule has 0 bridgehead atoms. The van der Waals surface area contributed by atoms with Crippen molar-refractivity contribution in [1.82, 2.24) is 4.90 Å². The minimum absolute atomic E-state index is 0.0857. The van der Waals surface area contributed by atoms with Crippen molar-refractivity contribution in [2.24, 2.45) is 17.4 Å². The minimum Gasteiger partial charge on any atom is -0.368 e. The number of primary amides is 1. The van der Waals surface area contributed by atoms with E-state index in [0.29, 0.717) is 25.3 Å². The molecule has 1 aliphatic carbocycles. The van der Waals surface area contributed by atoms with Crippen LogP contribution in [0.15, 0.2) is 0 Å². The van der Waals surface area contributed by atoms with Crippen molar-refractivity contribution in [1.29, 1.82) is 0 Å². The number of nitrogens with zero attached hydrogens (tertiary/aromatic N) is 1. The van der Waals surface area contributed by atoms with Crippen LogP contribution >= 0.6 is 0 Å². The average molecular weight is 267 g/mol. The highest BCUT2D eigenvalue weighted by atomic mass is 16.2. The van der Waals surface area contributed by atoms with Gasteiger partial charge in [0.15, 0.2) is 0 Å². The summed E-state index contributed by atoms with van der Waals surface area (Å²) in [5, 5.41) is 0. The van der Waals surface area contributed by atoms with Crippen LogP contribution in [0.5, 0.6) is 0 Å². The molecule has 2 rings (SSSR count). The summed E-state index contributed by atoms with van der Waals surface area (Å²) in [6.07, 6.45) is 7.38. The van der Waals surface area contributed by atoms with Crippen molar-refractivity contribution >= 4 is 11.8 Å². The largest absolute Gasteiger partial charge is 0.368 e. The number of piperidine rings is 1. The molecule has 0 aromatic rings. The fourth-order valence-electron chi connectivity index (χ4n) is 3.41. The molecule has 5 nitrogen and oxygen atoms in total. The lowest BCUT2D eigenvalue weighted by molar-refractivity contribution is -0.142. The highest BCUT2D eigenvalue weighted by Gasteiger charge is 2.32. The number of carbonyl (C=O) groups excluding carboxylic acids is 2. The second kappa shape index (κ2) is 6.37. The molecule has 108 valence electrons. The molecule has 0 aromatic heterocycles. The Morgan fingerprint density at radius 3 is 2.58 bits per heavy atom. The molecule has 2 aliphatic rings. The standard InChI is InChI=1S/C14H25N3O2/c15-11-5-3-4-10(8-11)9-13(18)17-7-2-1-6-12(17)14(16)19/h10-12H,1-9,15H2,(H2,16,19). The molecule has 0 aromatic carbocycles. The maximum atomic E-state index is 12.4. The second-order valence-corrected chi connectivity index (χ2v) is 6.00. The molecule has 0 radical (unpaired) electrons. The molecule has 1 saturated heterocycles. The zero-order valence-corrected chi connectivity index (χ0v) is 11.5. The van der Waals surface area contributed by atoms with Crippen molar-refractivity contribution in [2.75, 3.05) is 6.54 Å². The van der Waals surface area contributed by atoms with Crippen LogP contribution in [0.2, 0.25) is 0 Å². The molecule has 1 aliphatic heterocycles. The molecule has 5 heteroatoms. The van der Waals surface area contributed by atoms with E-state index in [4.69, 9.17) is 11.5 Å². The maximum Gasteiger partial charge on any atom is 0.240 e. The van der Waals surface area contributed by atoms with E-state index >= 15 is 0 Å². The Kier molecular flexibility index (Phi) is 4.80. The molecule has 2 fully saturated rings. The van der Waals surface area contributed by atoms with Crippen LogP contribution < -0.4 is 11.5 Å². The Morgan fingerprint density at radius 2 is 1.89 bits per heavy atom. The highest BCUT2D eigenvalue weighted by Crippen LogP contribution is 2.27. The predicted octanol–water partition coefficient (Wildman–Crippen LogP) is 0.760. The fraction of sp³-hybridized carbons (Fsp3) is 0.857. The van der Waals surface area contributed by atoms with E-state index in [9.17, 15) is 9.59 Å². The molecule has 1 saturated carbocycles. The van der Waals surface area contributed by atoms with E-state index in [1.165, 1.54) is 0 Å². The number of nitrogens with two attached hydrogens (primary N) is 2. The summed E-state index contributed by atoms with van der Waals surface area (Å²) in [4.78, 5) is 25.5. The topological polar surface area (TPSA) is 89.4 Å². The zero-order chi connectivity index (χ0) is 13.8. The summed E-state index contributed by atoms with van der Waals surface area (Å²) in [5.74, 6) is 0.0997. The number of likely N-dealkylation sites (tertiary alicyclic amines) is 1. The monoisotopic (exact) mass is 267 g/mol. The molecule has 0 spiro atoms. The van der Waals surface area contributed by atoms with Crippen LogP contribution in [0.25, 0.3) is 0 Å². The third kappa shape index (κ3) is 3.69. The molecule has 2 amide bonds. The van der Waals surface area contributed by atoms with Gasteiger partial charge in [-0.3, -0.25) is 9.59 Å². The normalized spacial score (nSPS) is 32.1. The summed E-state index contributed by atoms with van der Waals surface area (Å²) >= 11 is 0. The first-order chi connectivity index (χ1) is 9.08. The van der Waals surface area contributed by atoms with Gasteiger partial charge in [0.2, 0.25) is 11.8 Å². The summed E-state index contributed by atoms with van der Waals surface area (Å²) in [5.41, 5.74) is 11.4. The van der Waals surface area contributed by atoms with E-state index in [2.05, 4.69) is 0 Å². The Labute approximate surface area is 114 Å². The predicted molar refractivity (Wildman–Crippen MR) is 73.1 cm³/mol. The van der Waals surface area contributed by atoms with Gasteiger partial charge in [0.05, 0.1) is 0 Å². The van der Waals surface area contributed by atoms with Gasteiger partial charge in [0.1, 0.15) is 6.04 Å². The summed E-state index contributed by atoms with van der Waals surface area (Å²) in [7, 11) is 0. The van der Waals surface area contributed by atoms with Gasteiger partial charge in [-0.2, -0.15) is 0 Å². The fourth-order valence-corrected chi connectivity index (χ4v) is 3.41. The van der Waals surface area contributed by atoms with E-state index in [1.54, 1.807) is 4.90 Å². The molecular weight excluding hydrogens is 242 g/mol. The molecule has 3 atom stereocenters. The molecule has 19 heavy (non-hydrogen) atoms. The summed E-state index contributed by atoms with van der Waals surface area (Å²) < 4.78 is 0. The third-order valence-electron chi connectivity index (χ3n) is 4.44. The molecule has 3 unspecified atom stereocenters. The number of amides is 2. The number of carbonyl (C=O) groups is 2.